The largest absolute Gasteiger partial charge is 0.356 e. The summed E-state index contributed by atoms with van der Waals surface area (Å²) in [5.74, 6) is -0.408. The fourth-order valence-corrected chi connectivity index (χ4v) is 3.38. The SMILES string of the molecule is Cc1[nH]c2c(F)ccc(C)c2c1CCNC(=O)c1cccc(Cl)c1C. The number of carbonyl (C=O) groups is 1. The number of aromatic amines is 1. The molecule has 1 amide bonds. The van der Waals surface area contributed by atoms with Crippen molar-refractivity contribution in [3.05, 3.63) is 69.1 Å². The molecule has 0 saturated heterocycles. The smallest absolute Gasteiger partial charge is 0.251 e. The van der Waals surface area contributed by atoms with E-state index >= 15 is 0 Å². The summed E-state index contributed by atoms with van der Waals surface area (Å²) in [6.07, 6.45) is 0.626. The molecule has 3 rings (SSSR count). The first kappa shape index (κ1) is 17.5. The molecule has 130 valence electrons. The number of aryl methyl sites for hydroxylation is 2. The number of benzene rings is 2. The predicted molar refractivity (Wildman–Crippen MR) is 100.0 cm³/mol. The molecule has 1 aromatic heterocycles. The molecular formula is C20H20ClFN2O. The summed E-state index contributed by atoms with van der Waals surface area (Å²) in [7, 11) is 0. The van der Waals surface area contributed by atoms with Crippen molar-refractivity contribution in [1.29, 1.82) is 0 Å². The Morgan fingerprint density at radius 3 is 2.72 bits per heavy atom. The molecule has 25 heavy (non-hydrogen) atoms. The summed E-state index contributed by atoms with van der Waals surface area (Å²) in [6, 6.07) is 8.54. The van der Waals surface area contributed by atoms with Gasteiger partial charge in [0.15, 0.2) is 0 Å². The summed E-state index contributed by atoms with van der Waals surface area (Å²) < 4.78 is 14.0. The van der Waals surface area contributed by atoms with Gasteiger partial charge in [-0.15, -0.1) is 0 Å². The average molecular weight is 359 g/mol. The molecule has 0 aliphatic rings. The van der Waals surface area contributed by atoms with Crippen LogP contribution in [0.3, 0.4) is 0 Å². The third-order valence-electron chi connectivity index (χ3n) is 4.60. The van der Waals surface area contributed by atoms with Gasteiger partial charge in [-0.25, -0.2) is 4.39 Å². The molecule has 0 unspecified atom stereocenters. The van der Waals surface area contributed by atoms with E-state index in [0.29, 0.717) is 29.1 Å². The molecule has 2 aromatic carbocycles. The first-order valence-corrected chi connectivity index (χ1v) is 8.57. The lowest BCUT2D eigenvalue weighted by Gasteiger charge is -2.09. The van der Waals surface area contributed by atoms with Gasteiger partial charge in [0.1, 0.15) is 5.82 Å². The maximum atomic E-state index is 14.0. The molecule has 0 bridgehead atoms. The molecule has 5 heteroatoms. The second-order valence-corrected chi connectivity index (χ2v) is 6.67. The summed E-state index contributed by atoms with van der Waals surface area (Å²) >= 11 is 6.07. The molecule has 0 aliphatic carbocycles. The minimum Gasteiger partial charge on any atom is -0.356 e. The number of nitrogens with one attached hydrogen (secondary N) is 2. The van der Waals surface area contributed by atoms with Crippen LogP contribution in [0.15, 0.2) is 30.3 Å². The van der Waals surface area contributed by atoms with E-state index in [1.165, 1.54) is 6.07 Å². The molecule has 0 atom stereocenters. The van der Waals surface area contributed by atoms with E-state index < -0.39 is 0 Å². The van der Waals surface area contributed by atoms with Gasteiger partial charge in [-0.1, -0.05) is 23.7 Å². The van der Waals surface area contributed by atoms with Crippen molar-refractivity contribution >= 4 is 28.4 Å². The molecule has 0 fully saturated rings. The second kappa shape index (κ2) is 6.89. The van der Waals surface area contributed by atoms with Gasteiger partial charge in [0.2, 0.25) is 0 Å². The van der Waals surface area contributed by atoms with E-state index in [9.17, 15) is 9.18 Å². The van der Waals surface area contributed by atoms with Crippen LogP contribution in [-0.2, 0) is 6.42 Å². The molecule has 0 radical (unpaired) electrons. The Balaban J connectivity index is 1.78. The Labute approximate surface area is 151 Å². The molecule has 2 N–H and O–H groups in total. The van der Waals surface area contributed by atoms with Gasteiger partial charge in [-0.05, 0) is 62.1 Å². The third-order valence-corrected chi connectivity index (χ3v) is 5.01. The van der Waals surface area contributed by atoms with Gasteiger partial charge in [-0.3, -0.25) is 4.79 Å². The fourth-order valence-electron chi connectivity index (χ4n) is 3.21. The van der Waals surface area contributed by atoms with Gasteiger partial charge in [0.05, 0.1) is 5.52 Å². The highest BCUT2D eigenvalue weighted by atomic mass is 35.5. The van der Waals surface area contributed by atoms with E-state index in [-0.39, 0.29) is 11.7 Å². The van der Waals surface area contributed by atoms with E-state index in [4.69, 9.17) is 11.6 Å². The Morgan fingerprint density at radius 2 is 1.96 bits per heavy atom. The van der Waals surface area contributed by atoms with Crippen LogP contribution in [0.4, 0.5) is 4.39 Å². The van der Waals surface area contributed by atoms with Crippen LogP contribution in [0.25, 0.3) is 10.9 Å². The van der Waals surface area contributed by atoms with Crippen LogP contribution in [-0.4, -0.2) is 17.4 Å². The summed E-state index contributed by atoms with van der Waals surface area (Å²) in [5.41, 5.74) is 4.86. The zero-order valence-electron chi connectivity index (χ0n) is 14.5. The lowest BCUT2D eigenvalue weighted by atomic mass is 10.0. The van der Waals surface area contributed by atoms with Crippen LogP contribution in [0, 0.1) is 26.6 Å². The van der Waals surface area contributed by atoms with E-state index in [2.05, 4.69) is 10.3 Å². The van der Waals surface area contributed by atoms with Crippen LogP contribution in [0.5, 0.6) is 0 Å². The number of fused-ring (bicyclic) bond motifs is 1. The Morgan fingerprint density at radius 1 is 1.20 bits per heavy atom. The Kier molecular flexibility index (Phi) is 4.82. The lowest BCUT2D eigenvalue weighted by Crippen LogP contribution is -2.26. The fraction of sp³-hybridized carbons (Fsp3) is 0.250. The van der Waals surface area contributed by atoms with Gasteiger partial charge in [-0.2, -0.15) is 0 Å². The van der Waals surface area contributed by atoms with Crippen molar-refractivity contribution in [2.45, 2.75) is 27.2 Å². The first-order chi connectivity index (χ1) is 11.9. The Bertz CT molecular complexity index is 962. The average Bonchev–Trinajstić information content (AvgIpc) is 2.91. The zero-order chi connectivity index (χ0) is 18.1. The number of aromatic nitrogens is 1. The van der Waals surface area contributed by atoms with Gasteiger partial charge < -0.3 is 10.3 Å². The topological polar surface area (TPSA) is 44.9 Å². The van der Waals surface area contributed by atoms with Crippen molar-refractivity contribution in [2.24, 2.45) is 0 Å². The minimum atomic E-state index is -0.256. The first-order valence-electron chi connectivity index (χ1n) is 8.19. The lowest BCUT2D eigenvalue weighted by molar-refractivity contribution is 0.0953. The number of carbonyl (C=O) groups excluding carboxylic acids is 1. The Hall–Kier alpha value is -2.33. The number of hydrogen-bond acceptors (Lipinski definition) is 1. The van der Waals surface area contributed by atoms with E-state index in [1.807, 2.05) is 20.8 Å². The molecule has 1 heterocycles. The minimum absolute atomic E-state index is 0.152. The number of halogens is 2. The highest BCUT2D eigenvalue weighted by Gasteiger charge is 2.15. The number of hydrogen-bond donors (Lipinski definition) is 2. The van der Waals surface area contributed by atoms with E-state index in [0.717, 1.165) is 27.8 Å². The molecular weight excluding hydrogens is 339 g/mol. The molecule has 3 nitrogen and oxygen atoms in total. The zero-order valence-corrected chi connectivity index (χ0v) is 15.2. The summed E-state index contributed by atoms with van der Waals surface area (Å²) in [4.78, 5) is 15.5. The van der Waals surface area contributed by atoms with Crippen LogP contribution < -0.4 is 5.32 Å². The van der Waals surface area contributed by atoms with Crippen molar-refractivity contribution in [3.8, 4) is 0 Å². The monoisotopic (exact) mass is 358 g/mol. The highest BCUT2D eigenvalue weighted by molar-refractivity contribution is 6.31. The molecule has 0 spiro atoms. The van der Waals surface area contributed by atoms with Gasteiger partial charge in [0, 0.05) is 28.2 Å². The molecule has 3 aromatic rings. The molecule has 0 saturated carbocycles. The highest BCUT2D eigenvalue weighted by Crippen LogP contribution is 2.28. The summed E-state index contributed by atoms with van der Waals surface area (Å²) in [5, 5.41) is 4.41. The van der Waals surface area contributed by atoms with E-state index in [1.54, 1.807) is 24.3 Å². The van der Waals surface area contributed by atoms with Crippen LogP contribution >= 0.6 is 11.6 Å². The number of H-pyrrole nitrogens is 1. The van der Waals surface area contributed by atoms with Crippen molar-refractivity contribution in [3.63, 3.8) is 0 Å². The quantitative estimate of drug-likeness (QED) is 0.687. The number of amides is 1. The predicted octanol–water partition coefficient (Wildman–Crippen LogP) is 4.86. The van der Waals surface area contributed by atoms with Crippen molar-refractivity contribution in [2.75, 3.05) is 6.54 Å². The van der Waals surface area contributed by atoms with Crippen molar-refractivity contribution in [1.82, 2.24) is 10.3 Å². The maximum absolute atomic E-state index is 14.0. The van der Waals surface area contributed by atoms with Crippen LogP contribution in [0.1, 0.15) is 32.7 Å². The second-order valence-electron chi connectivity index (χ2n) is 6.26. The maximum Gasteiger partial charge on any atom is 0.251 e. The van der Waals surface area contributed by atoms with Crippen molar-refractivity contribution < 1.29 is 9.18 Å². The van der Waals surface area contributed by atoms with Gasteiger partial charge >= 0.3 is 0 Å². The van der Waals surface area contributed by atoms with Crippen LogP contribution in [0.2, 0.25) is 5.02 Å². The standard InChI is InChI=1S/C20H20ClFN2O/c1-11-7-8-17(22)19-18(11)15(13(3)24-19)9-10-23-20(25)14-5-4-6-16(21)12(14)2/h4-8,24H,9-10H2,1-3H3,(H,23,25). The van der Waals surface area contributed by atoms with Gasteiger partial charge in [0.25, 0.3) is 5.91 Å². The molecule has 0 aliphatic heterocycles. The summed E-state index contributed by atoms with van der Waals surface area (Å²) in [6.45, 7) is 6.19. The third kappa shape index (κ3) is 3.27. The number of rotatable bonds is 4. The normalized spacial score (nSPS) is 11.1.